The molecule has 4 unspecified atom stereocenters. The van der Waals surface area contributed by atoms with Gasteiger partial charge in [-0.05, 0) is 36.7 Å². The van der Waals surface area contributed by atoms with E-state index in [4.69, 9.17) is 5.73 Å². The first-order valence-electron chi connectivity index (χ1n) is 9.52. The van der Waals surface area contributed by atoms with Gasteiger partial charge in [-0.25, -0.2) is 8.42 Å². The molecule has 1 aromatic rings. The molecule has 4 rings (SSSR count). The van der Waals surface area contributed by atoms with E-state index < -0.39 is 10.0 Å². The van der Waals surface area contributed by atoms with Crippen molar-refractivity contribution in [3.8, 4) is 0 Å². The highest BCUT2D eigenvalue weighted by molar-refractivity contribution is 7.88. The number of hydrogen-bond donors (Lipinski definition) is 1. The number of nitrogens with zero attached hydrogens (tertiary/aromatic N) is 2. The van der Waals surface area contributed by atoms with Crippen LogP contribution in [0.2, 0.25) is 0 Å². The molecule has 0 aromatic heterocycles. The molecule has 26 heavy (non-hydrogen) atoms. The Kier molecular flexibility index (Phi) is 4.79. The third kappa shape index (κ3) is 3.28. The third-order valence-corrected chi connectivity index (χ3v) is 8.25. The van der Waals surface area contributed by atoms with Gasteiger partial charge in [0, 0.05) is 32.2 Å². The van der Waals surface area contributed by atoms with Gasteiger partial charge in [-0.15, -0.1) is 0 Å². The summed E-state index contributed by atoms with van der Waals surface area (Å²) in [6, 6.07) is 9.21. The van der Waals surface area contributed by atoms with Crippen LogP contribution in [0.4, 0.5) is 0 Å². The Hall–Kier alpha value is -1.44. The number of carbonyl (C=O) groups is 1. The van der Waals surface area contributed by atoms with Gasteiger partial charge in [0.15, 0.2) is 0 Å². The molecule has 2 saturated carbocycles. The maximum Gasteiger partial charge on any atom is 0.227 e. The van der Waals surface area contributed by atoms with Crippen molar-refractivity contribution in [2.75, 3.05) is 26.2 Å². The Bertz CT molecular complexity index is 757. The van der Waals surface area contributed by atoms with Crippen molar-refractivity contribution in [3.63, 3.8) is 0 Å². The van der Waals surface area contributed by atoms with Crippen LogP contribution in [0.25, 0.3) is 0 Å². The molecule has 2 aliphatic carbocycles. The Morgan fingerprint density at radius 2 is 1.69 bits per heavy atom. The summed E-state index contributed by atoms with van der Waals surface area (Å²) < 4.78 is 26.8. The molecule has 1 amide bonds. The molecular weight excluding hydrogens is 350 g/mol. The zero-order valence-corrected chi connectivity index (χ0v) is 15.8. The Morgan fingerprint density at radius 3 is 2.31 bits per heavy atom. The molecule has 4 atom stereocenters. The number of benzene rings is 1. The lowest BCUT2D eigenvalue weighted by atomic mass is 9.84. The second-order valence-corrected chi connectivity index (χ2v) is 9.87. The fourth-order valence-electron chi connectivity index (χ4n) is 4.98. The van der Waals surface area contributed by atoms with Gasteiger partial charge in [-0.2, -0.15) is 4.31 Å². The lowest BCUT2D eigenvalue weighted by Crippen LogP contribution is -2.54. The first-order chi connectivity index (χ1) is 12.5. The fourth-order valence-corrected chi connectivity index (χ4v) is 6.49. The number of rotatable bonds is 4. The maximum absolute atomic E-state index is 12.9. The minimum atomic E-state index is -3.35. The van der Waals surface area contributed by atoms with Crippen molar-refractivity contribution in [3.05, 3.63) is 35.9 Å². The molecular formula is C19H27N3O3S. The van der Waals surface area contributed by atoms with Gasteiger partial charge in [0.25, 0.3) is 0 Å². The molecule has 3 fully saturated rings. The molecule has 1 heterocycles. The summed E-state index contributed by atoms with van der Waals surface area (Å²) in [5.74, 6) is 1.04. The largest absolute Gasteiger partial charge is 0.340 e. The minimum Gasteiger partial charge on any atom is -0.340 e. The van der Waals surface area contributed by atoms with Crippen LogP contribution >= 0.6 is 0 Å². The van der Waals surface area contributed by atoms with Gasteiger partial charge in [0.05, 0.1) is 11.7 Å². The highest BCUT2D eigenvalue weighted by Gasteiger charge is 2.50. The van der Waals surface area contributed by atoms with Crippen LogP contribution in [0, 0.1) is 17.8 Å². The molecule has 142 valence electrons. The van der Waals surface area contributed by atoms with Gasteiger partial charge in [0.1, 0.15) is 0 Å². The number of fused-ring (bicyclic) bond motifs is 2. The van der Waals surface area contributed by atoms with E-state index >= 15 is 0 Å². The number of piperazine rings is 1. The summed E-state index contributed by atoms with van der Waals surface area (Å²) in [5.41, 5.74) is 7.09. The Morgan fingerprint density at radius 1 is 1.04 bits per heavy atom. The SMILES string of the molecule is NC1C2CCC(C2)C1C(=O)N1CCN(S(=O)(=O)Cc2ccccc2)CC1. The van der Waals surface area contributed by atoms with Crippen LogP contribution in [-0.4, -0.2) is 55.8 Å². The van der Waals surface area contributed by atoms with E-state index in [1.165, 1.54) is 4.31 Å². The average Bonchev–Trinajstić information content (AvgIpc) is 3.23. The van der Waals surface area contributed by atoms with Crippen molar-refractivity contribution in [1.82, 2.24) is 9.21 Å². The second kappa shape index (κ2) is 6.94. The Labute approximate surface area is 155 Å². The van der Waals surface area contributed by atoms with Crippen molar-refractivity contribution in [1.29, 1.82) is 0 Å². The van der Waals surface area contributed by atoms with E-state index in [9.17, 15) is 13.2 Å². The third-order valence-electron chi connectivity index (χ3n) is 6.40. The van der Waals surface area contributed by atoms with Gasteiger partial charge in [-0.3, -0.25) is 4.79 Å². The number of hydrogen-bond acceptors (Lipinski definition) is 4. The second-order valence-electron chi connectivity index (χ2n) is 7.90. The molecule has 3 aliphatic rings. The monoisotopic (exact) mass is 377 g/mol. The van der Waals surface area contributed by atoms with Crippen LogP contribution in [0.5, 0.6) is 0 Å². The standard InChI is InChI=1S/C19H27N3O3S/c20-18-16-7-6-15(12-16)17(18)19(23)21-8-10-22(11-9-21)26(24,25)13-14-4-2-1-3-5-14/h1-5,15-18H,6-13,20H2. The zero-order chi connectivity index (χ0) is 18.3. The molecule has 2 N–H and O–H groups in total. The summed E-state index contributed by atoms with van der Waals surface area (Å²) in [5, 5.41) is 0. The predicted molar refractivity (Wildman–Crippen MR) is 99.5 cm³/mol. The summed E-state index contributed by atoms with van der Waals surface area (Å²) >= 11 is 0. The van der Waals surface area contributed by atoms with E-state index in [0.29, 0.717) is 38.0 Å². The summed E-state index contributed by atoms with van der Waals surface area (Å²) in [6.07, 6.45) is 3.35. The normalized spacial score (nSPS) is 32.1. The first-order valence-corrected chi connectivity index (χ1v) is 11.1. The van der Waals surface area contributed by atoms with Crippen LogP contribution < -0.4 is 5.73 Å². The highest BCUT2D eigenvalue weighted by Crippen LogP contribution is 2.48. The van der Waals surface area contributed by atoms with Crippen LogP contribution in [0.15, 0.2) is 30.3 Å². The number of carbonyl (C=O) groups excluding carboxylic acids is 1. The molecule has 1 aromatic carbocycles. The number of amides is 1. The van der Waals surface area contributed by atoms with Crippen LogP contribution in [0.3, 0.4) is 0 Å². The topological polar surface area (TPSA) is 83.7 Å². The maximum atomic E-state index is 12.9. The molecule has 0 radical (unpaired) electrons. The minimum absolute atomic E-state index is 0.0129. The van der Waals surface area contributed by atoms with E-state index in [2.05, 4.69) is 0 Å². The molecule has 1 saturated heterocycles. The van der Waals surface area contributed by atoms with Crippen LogP contribution in [0.1, 0.15) is 24.8 Å². The summed E-state index contributed by atoms with van der Waals surface area (Å²) in [4.78, 5) is 14.8. The molecule has 0 spiro atoms. The van der Waals surface area contributed by atoms with Crippen molar-refractivity contribution in [2.45, 2.75) is 31.1 Å². The average molecular weight is 378 g/mol. The lowest BCUT2D eigenvalue weighted by Gasteiger charge is -2.38. The van der Waals surface area contributed by atoms with E-state index in [1.807, 2.05) is 35.2 Å². The zero-order valence-electron chi connectivity index (χ0n) is 15.0. The predicted octanol–water partition coefficient (Wildman–Crippen LogP) is 1.03. The van der Waals surface area contributed by atoms with Crippen LogP contribution in [-0.2, 0) is 20.6 Å². The summed E-state index contributed by atoms with van der Waals surface area (Å²) in [6.45, 7) is 1.68. The molecule has 6 nitrogen and oxygen atoms in total. The first kappa shape index (κ1) is 17.9. The highest BCUT2D eigenvalue weighted by atomic mass is 32.2. The molecule has 1 aliphatic heterocycles. The van der Waals surface area contributed by atoms with Crippen molar-refractivity contribution in [2.24, 2.45) is 23.5 Å². The number of nitrogens with two attached hydrogens (primary N) is 1. The van der Waals surface area contributed by atoms with Gasteiger partial charge >= 0.3 is 0 Å². The van der Waals surface area contributed by atoms with Gasteiger partial charge < -0.3 is 10.6 Å². The van der Waals surface area contributed by atoms with E-state index in [0.717, 1.165) is 24.8 Å². The summed E-state index contributed by atoms with van der Waals surface area (Å²) in [7, 11) is -3.35. The number of sulfonamides is 1. The fraction of sp³-hybridized carbons (Fsp3) is 0.632. The van der Waals surface area contributed by atoms with E-state index in [1.54, 1.807) is 0 Å². The molecule has 7 heteroatoms. The van der Waals surface area contributed by atoms with Gasteiger partial charge in [0.2, 0.25) is 15.9 Å². The lowest BCUT2D eigenvalue weighted by molar-refractivity contribution is -0.139. The Balaban J connectivity index is 1.36. The van der Waals surface area contributed by atoms with Crippen molar-refractivity contribution < 1.29 is 13.2 Å². The molecule has 2 bridgehead atoms. The van der Waals surface area contributed by atoms with Crippen molar-refractivity contribution >= 4 is 15.9 Å². The quantitative estimate of drug-likeness (QED) is 0.850. The smallest absolute Gasteiger partial charge is 0.227 e. The van der Waals surface area contributed by atoms with E-state index in [-0.39, 0.29) is 23.6 Å². The van der Waals surface area contributed by atoms with Gasteiger partial charge in [-0.1, -0.05) is 30.3 Å².